The molecule has 0 aromatic rings. The second-order valence-electron chi connectivity index (χ2n) is 4.26. The lowest BCUT2D eigenvalue weighted by atomic mass is 9.96. The number of hydrogen-bond donors (Lipinski definition) is 2. The zero-order valence-corrected chi connectivity index (χ0v) is 10.3. The first-order valence-corrected chi connectivity index (χ1v) is 6.07. The number of carbonyl (C=O) groups is 2. The van der Waals surface area contributed by atoms with Gasteiger partial charge in [-0.1, -0.05) is 20.8 Å². The van der Waals surface area contributed by atoms with Gasteiger partial charge in [0.15, 0.2) is 0 Å². The van der Waals surface area contributed by atoms with E-state index in [1.807, 2.05) is 20.8 Å². The van der Waals surface area contributed by atoms with Gasteiger partial charge in [-0.05, 0) is 0 Å². The third-order valence-electron chi connectivity index (χ3n) is 1.67. The molecular weight excluding hydrogens is 214 g/mol. The molecule has 1 amide bonds. The van der Waals surface area contributed by atoms with Gasteiger partial charge >= 0.3 is 5.97 Å². The highest BCUT2D eigenvalue weighted by atomic mass is 32.2. The van der Waals surface area contributed by atoms with Crippen LogP contribution in [0.15, 0.2) is 0 Å². The monoisotopic (exact) mass is 233 g/mol. The van der Waals surface area contributed by atoms with Crippen molar-refractivity contribution in [2.75, 3.05) is 18.1 Å². The van der Waals surface area contributed by atoms with E-state index in [0.29, 0.717) is 12.3 Å². The van der Waals surface area contributed by atoms with E-state index in [-0.39, 0.29) is 17.7 Å². The molecule has 2 N–H and O–H groups in total. The molecule has 0 saturated carbocycles. The van der Waals surface area contributed by atoms with E-state index in [1.54, 1.807) is 0 Å². The van der Waals surface area contributed by atoms with E-state index in [2.05, 4.69) is 5.32 Å². The van der Waals surface area contributed by atoms with Crippen molar-refractivity contribution in [2.24, 2.45) is 5.41 Å². The number of aliphatic carboxylic acids is 1. The third kappa shape index (κ3) is 8.30. The summed E-state index contributed by atoms with van der Waals surface area (Å²) in [6.45, 7) is 6.18. The number of carboxylic acids is 1. The SMILES string of the molecule is CC(C)(C)C(=O)NCCSCCC(=O)O. The van der Waals surface area contributed by atoms with Crippen molar-refractivity contribution in [2.45, 2.75) is 27.2 Å². The Bertz CT molecular complexity index is 223. The Kier molecular flexibility index (Phi) is 6.40. The van der Waals surface area contributed by atoms with Gasteiger partial charge in [-0.2, -0.15) is 11.8 Å². The summed E-state index contributed by atoms with van der Waals surface area (Å²) >= 11 is 1.54. The molecule has 0 bridgehead atoms. The van der Waals surface area contributed by atoms with Crippen LogP contribution in [0.4, 0.5) is 0 Å². The van der Waals surface area contributed by atoms with E-state index >= 15 is 0 Å². The largest absolute Gasteiger partial charge is 0.481 e. The van der Waals surface area contributed by atoms with Gasteiger partial charge in [-0.15, -0.1) is 0 Å². The van der Waals surface area contributed by atoms with Crippen LogP contribution in [-0.4, -0.2) is 35.0 Å². The molecule has 0 rings (SSSR count). The minimum Gasteiger partial charge on any atom is -0.481 e. The molecule has 0 aliphatic carbocycles. The van der Waals surface area contributed by atoms with Crippen molar-refractivity contribution in [3.8, 4) is 0 Å². The van der Waals surface area contributed by atoms with Crippen LogP contribution in [0.5, 0.6) is 0 Å². The molecule has 0 fully saturated rings. The molecule has 0 unspecified atom stereocenters. The van der Waals surface area contributed by atoms with Gasteiger partial charge in [-0.25, -0.2) is 0 Å². The van der Waals surface area contributed by atoms with Gasteiger partial charge in [-0.3, -0.25) is 9.59 Å². The Balaban J connectivity index is 3.40. The summed E-state index contributed by atoms with van der Waals surface area (Å²) in [5.41, 5.74) is -0.355. The topological polar surface area (TPSA) is 66.4 Å². The molecule has 5 heteroatoms. The summed E-state index contributed by atoms with van der Waals surface area (Å²) in [5.74, 6) is 0.609. The quantitative estimate of drug-likeness (QED) is 0.680. The van der Waals surface area contributed by atoms with Crippen LogP contribution < -0.4 is 5.32 Å². The molecule has 0 atom stereocenters. The maximum Gasteiger partial charge on any atom is 0.304 e. The summed E-state index contributed by atoms with van der Waals surface area (Å²) in [5, 5.41) is 11.2. The molecule has 15 heavy (non-hydrogen) atoms. The van der Waals surface area contributed by atoms with Gasteiger partial charge in [0.2, 0.25) is 5.91 Å². The summed E-state index contributed by atoms with van der Waals surface area (Å²) < 4.78 is 0. The maximum absolute atomic E-state index is 11.4. The van der Waals surface area contributed by atoms with Gasteiger partial charge in [0.05, 0.1) is 6.42 Å². The normalized spacial score (nSPS) is 11.1. The van der Waals surface area contributed by atoms with Crippen molar-refractivity contribution < 1.29 is 14.7 Å². The zero-order chi connectivity index (χ0) is 11.9. The Morgan fingerprint density at radius 2 is 1.87 bits per heavy atom. The van der Waals surface area contributed by atoms with E-state index in [1.165, 1.54) is 11.8 Å². The summed E-state index contributed by atoms with van der Waals surface area (Å²) in [6, 6.07) is 0. The molecule has 0 aromatic carbocycles. The van der Waals surface area contributed by atoms with Crippen LogP contribution in [0.1, 0.15) is 27.2 Å². The highest BCUT2D eigenvalue weighted by Crippen LogP contribution is 2.12. The first-order chi connectivity index (χ1) is 6.84. The molecule has 0 aliphatic heterocycles. The number of thioether (sulfide) groups is 1. The van der Waals surface area contributed by atoms with Gasteiger partial charge in [0.25, 0.3) is 0 Å². The average Bonchev–Trinajstić information content (AvgIpc) is 2.08. The lowest BCUT2D eigenvalue weighted by molar-refractivity contribution is -0.136. The van der Waals surface area contributed by atoms with Crippen LogP contribution >= 0.6 is 11.8 Å². The van der Waals surface area contributed by atoms with Crippen molar-refractivity contribution in [1.29, 1.82) is 0 Å². The van der Waals surface area contributed by atoms with Crippen LogP contribution in [0.3, 0.4) is 0 Å². The number of hydrogen-bond acceptors (Lipinski definition) is 3. The predicted molar refractivity (Wildman–Crippen MR) is 62.0 cm³/mol. The van der Waals surface area contributed by atoms with Crippen LogP contribution in [0.2, 0.25) is 0 Å². The molecule has 0 aliphatic rings. The van der Waals surface area contributed by atoms with E-state index in [4.69, 9.17) is 5.11 Å². The van der Waals surface area contributed by atoms with Crippen molar-refractivity contribution in [3.05, 3.63) is 0 Å². The number of carboxylic acid groups (broad SMARTS) is 1. The molecule has 0 heterocycles. The van der Waals surface area contributed by atoms with Crippen LogP contribution in [-0.2, 0) is 9.59 Å². The molecular formula is C10H19NO3S. The number of nitrogens with one attached hydrogen (secondary N) is 1. The summed E-state index contributed by atoms with van der Waals surface area (Å²) in [7, 11) is 0. The number of carbonyl (C=O) groups excluding carboxylic acids is 1. The van der Waals surface area contributed by atoms with E-state index in [0.717, 1.165) is 5.75 Å². The van der Waals surface area contributed by atoms with Gasteiger partial charge in [0, 0.05) is 23.5 Å². The Hall–Kier alpha value is -0.710. The average molecular weight is 233 g/mol. The fraction of sp³-hybridized carbons (Fsp3) is 0.800. The van der Waals surface area contributed by atoms with Gasteiger partial charge in [0.1, 0.15) is 0 Å². The molecule has 0 radical (unpaired) electrons. The lowest BCUT2D eigenvalue weighted by Crippen LogP contribution is -2.36. The summed E-state index contributed by atoms with van der Waals surface area (Å²) in [6.07, 6.45) is 0.178. The molecule has 4 nitrogen and oxygen atoms in total. The second-order valence-corrected chi connectivity index (χ2v) is 5.49. The van der Waals surface area contributed by atoms with Crippen molar-refractivity contribution in [3.63, 3.8) is 0 Å². The highest BCUT2D eigenvalue weighted by Gasteiger charge is 2.19. The third-order valence-corrected chi connectivity index (χ3v) is 2.66. The van der Waals surface area contributed by atoms with Crippen molar-refractivity contribution in [1.82, 2.24) is 5.32 Å². The van der Waals surface area contributed by atoms with E-state index in [9.17, 15) is 9.59 Å². The Morgan fingerprint density at radius 1 is 1.27 bits per heavy atom. The fourth-order valence-corrected chi connectivity index (χ4v) is 1.53. The Labute approximate surface area is 94.8 Å². The smallest absolute Gasteiger partial charge is 0.304 e. The lowest BCUT2D eigenvalue weighted by Gasteiger charge is -2.17. The van der Waals surface area contributed by atoms with Crippen molar-refractivity contribution >= 4 is 23.6 Å². The molecule has 0 saturated heterocycles. The first-order valence-electron chi connectivity index (χ1n) is 4.92. The first kappa shape index (κ1) is 14.3. The molecule has 88 valence electrons. The standard InChI is InChI=1S/C10H19NO3S/c1-10(2,3)9(14)11-5-7-15-6-4-8(12)13/h4-7H2,1-3H3,(H,11,14)(H,12,13). The maximum atomic E-state index is 11.4. The molecule has 0 spiro atoms. The summed E-state index contributed by atoms with van der Waals surface area (Å²) in [4.78, 5) is 21.6. The van der Waals surface area contributed by atoms with E-state index < -0.39 is 5.97 Å². The van der Waals surface area contributed by atoms with Crippen LogP contribution in [0.25, 0.3) is 0 Å². The zero-order valence-electron chi connectivity index (χ0n) is 9.50. The number of amides is 1. The fourth-order valence-electron chi connectivity index (χ4n) is 0.763. The number of rotatable bonds is 6. The highest BCUT2D eigenvalue weighted by molar-refractivity contribution is 7.99. The van der Waals surface area contributed by atoms with Gasteiger partial charge < -0.3 is 10.4 Å². The minimum atomic E-state index is -0.777. The molecule has 0 aromatic heterocycles. The van der Waals surface area contributed by atoms with Crippen LogP contribution in [0, 0.1) is 5.41 Å². The predicted octanol–water partition coefficient (Wildman–Crippen LogP) is 1.36. The Morgan fingerprint density at radius 3 is 2.33 bits per heavy atom. The minimum absolute atomic E-state index is 0.0290. The second kappa shape index (κ2) is 6.71.